The first-order valence-corrected chi connectivity index (χ1v) is 7.84. The minimum absolute atomic E-state index is 0.120. The average Bonchev–Trinajstić information content (AvgIpc) is 2.92. The zero-order valence-corrected chi connectivity index (χ0v) is 13.8. The molecule has 0 aliphatic heterocycles. The Morgan fingerprint density at radius 2 is 2.10 bits per heavy atom. The summed E-state index contributed by atoms with van der Waals surface area (Å²) in [5.41, 5.74) is 3.02. The molecule has 0 bridgehead atoms. The maximum Gasteiger partial charge on any atom is 0.219 e. The van der Waals surface area contributed by atoms with E-state index >= 15 is 0 Å². The zero-order chi connectivity index (χ0) is 15.6. The Labute approximate surface area is 128 Å². The third-order valence-electron chi connectivity index (χ3n) is 5.16. The molecule has 1 aliphatic carbocycles. The first kappa shape index (κ1) is 15.9. The quantitative estimate of drug-likeness (QED) is 0.776. The van der Waals surface area contributed by atoms with Crippen molar-refractivity contribution in [1.29, 1.82) is 0 Å². The molecule has 1 aromatic rings. The van der Waals surface area contributed by atoms with Crippen molar-refractivity contribution < 1.29 is 9.21 Å². The normalized spacial score (nSPS) is 26.0. The van der Waals surface area contributed by atoms with Crippen LogP contribution in [0.25, 0.3) is 0 Å². The van der Waals surface area contributed by atoms with E-state index in [0.717, 1.165) is 18.7 Å². The van der Waals surface area contributed by atoms with Crippen LogP contribution in [-0.2, 0) is 11.3 Å². The highest BCUT2D eigenvalue weighted by Gasteiger charge is 2.32. The maximum absolute atomic E-state index is 12.0. The lowest BCUT2D eigenvalue weighted by Gasteiger charge is -2.39. The molecule has 0 radical (unpaired) electrons. The van der Waals surface area contributed by atoms with Crippen molar-refractivity contribution in [1.82, 2.24) is 4.90 Å². The molecular formula is C18H27NO2. The van der Waals surface area contributed by atoms with Crippen LogP contribution in [0, 0.1) is 17.8 Å². The summed E-state index contributed by atoms with van der Waals surface area (Å²) in [5, 5.41) is 0. The van der Waals surface area contributed by atoms with E-state index in [-0.39, 0.29) is 5.91 Å². The molecule has 2 rings (SSSR count). The zero-order valence-electron chi connectivity index (χ0n) is 13.8. The number of hydrogen-bond acceptors (Lipinski definition) is 2. The van der Waals surface area contributed by atoms with Gasteiger partial charge < -0.3 is 9.32 Å². The van der Waals surface area contributed by atoms with Gasteiger partial charge in [0, 0.05) is 13.5 Å². The molecule has 0 unspecified atom stereocenters. The van der Waals surface area contributed by atoms with Crippen LogP contribution in [0.15, 0.2) is 34.0 Å². The summed E-state index contributed by atoms with van der Waals surface area (Å²) >= 11 is 0. The number of furan rings is 1. The van der Waals surface area contributed by atoms with Crippen molar-refractivity contribution in [2.45, 2.75) is 47.6 Å². The smallest absolute Gasteiger partial charge is 0.219 e. The molecule has 0 aromatic carbocycles. The van der Waals surface area contributed by atoms with Gasteiger partial charge >= 0.3 is 0 Å². The lowest BCUT2D eigenvalue weighted by Crippen LogP contribution is -2.39. The molecule has 116 valence electrons. The van der Waals surface area contributed by atoms with Gasteiger partial charge in [0.2, 0.25) is 5.91 Å². The molecule has 1 heterocycles. The lowest BCUT2D eigenvalue weighted by molar-refractivity contribution is -0.130. The van der Waals surface area contributed by atoms with Gasteiger partial charge in [0.1, 0.15) is 5.76 Å². The molecule has 3 heteroatoms. The average molecular weight is 289 g/mol. The molecule has 0 saturated heterocycles. The number of allylic oxidation sites excluding steroid dienone is 2. The van der Waals surface area contributed by atoms with Gasteiger partial charge in [-0.2, -0.15) is 0 Å². The predicted octanol–water partition coefficient (Wildman–Crippen LogP) is 4.26. The van der Waals surface area contributed by atoms with Crippen LogP contribution in [0.1, 0.15) is 46.8 Å². The van der Waals surface area contributed by atoms with Crippen molar-refractivity contribution in [3.8, 4) is 0 Å². The molecule has 3 nitrogen and oxygen atoms in total. The van der Waals surface area contributed by atoms with Gasteiger partial charge in [0.05, 0.1) is 12.8 Å². The van der Waals surface area contributed by atoms with Gasteiger partial charge in [-0.1, -0.05) is 25.0 Å². The molecule has 0 spiro atoms. The minimum atomic E-state index is 0.120. The Bertz CT molecular complexity index is 515. The van der Waals surface area contributed by atoms with Crippen molar-refractivity contribution in [3.63, 3.8) is 0 Å². The van der Waals surface area contributed by atoms with Gasteiger partial charge in [-0.25, -0.2) is 0 Å². The largest absolute Gasteiger partial charge is 0.467 e. The molecule has 1 aliphatic rings. The van der Waals surface area contributed by atoms with E-state index in [2.05, 4.69) is 27.7 Å². The fourth-order valence-corrected chi connectivity index (χ4v) is 3.49. The highest BCUT2D eigenvalue weighted by atomic mass is 16.3. The molecule has 0 N–H and O–H groups in total. The van der Waals surface area contributed by atoms with Crippen LogP contribution in [-0.4, -0.2) is 17.4 Å². The molecule has 21 heavy (non-hydrogen) atoms. The Balaban J connectivity index is 2.11. The number of hydrogen-bond donors (Lipinski definition) is 0. The van der Waals surface area contributed by atoms with Crippen LogP contribution < -0.4 is 0 Å². The van der Waals surface area contributed by atoms with Gasteiger partial charge in [0.25, 0.3) is 0 Å². The third-order valence-corrected chi connectivity index (χ3v) is 5.16. The van der Waals surface area contributed by atoms with Crippen LogP contribution in [0.2, 0.25) is 0 Å². The van der Waals surface area contributed by atoms with E-state index in [0.29, 0.717) is 24.3 Å². The Kier molecular flexibility index (Phi) is 4.92. The fraction of sp³-hybridized carbons (Fsp3) is 0.611. The standard InChI is InChI=1S/C18H27NO2/c1-12-9-13(2)18(15(4)14(12)3)11-19(16(5)20)10-17-7-6-8-21-17/h6-8,13,15,18H,9-11H2,1-5H3/t13-,15+,18-/m1/s1. The van der Waals surface area contributed by atoms with Gasteiger partial charge in [-0.3, -0.25) is 4.79 Å². The van der Waals surface area contributed by atoms with E-state index in [1.807, 2.05) is 17.0 Å². The van der Waals surface area contributed by atoms with Crippen molar-refractivity contribution in [2.75, 3.05) is 6.54 Å². The number of carbonyl (C=O) groups excluding carboxylic acids is 1. The highest BCUT2D eigenvalue weighted by molar-refractivity contribution is 5.73. The first-order valence-electron chi connectivity index (χ1n) is 7.84. The van der Waals surface area contributed by atoms with Gasteiger partial charge in [-0.05, 0) is 50.2 Å². The number of amides is 1. The molecule has 1 aromatic heterocycles. The van der Waals surface area contributed by atoms with Crippen molar-refractivity contribution in [3.05, 3.63) is 35.3 Å². The van der Waals surface area contributed by atoms with Gasteiger partial charge in [-0.15, -0.1) is 0 Å². The SMILES string of the molecule is CC(=O)N(Cc1ccco1)C[C@@H]1[C@H](C)CC(C)=C(C)[C@@H]1C. The number of rotatable bonds is 4. The van der Waals surface area contributed by atoms with E-state index in [9.17, 15) is 4.79 Å². The summed E-state index contributed by atoms with van der Waals surface area (Å²) in [5.74, 6) is 2.64. The first-order chi connectivity index (χ1) is 9.90. The van der Waals surface area contributed by atoms with Crippen molar-refractivity contribution in [2.24, 2.45) is 17.8 Å². The summed E-state index contributed by atoms with van der Waals surface area (Å²) in [6.07, 6.45) is 2.81. The van der Waals surface area contributed by atoms with Crippen molar-refractivity contribution >= 4 is 5.91 Å². The van der Waals surface area contributed by atoms with Crippen LogP contribution >= 0.6 is 0 Å². The maximum atomic E-state index is 12.0. The van der Waals surface area contributed by atoms with E-state index in [1.54, 1.807) is 13.2 Å². The summed E-state index contributed by atoms with van der Waals surface area (Å²) in [4.78, 5) is 13.9. The summed E-state index contributed by atoms with van der Waals surface area (Å²) in [6, 6.07) is 3.80. The third kappa shape index (κ3) is 3.58. The molecular weight excluding hydrogens is 262 g/mol. The molecule has 0 fully saturated rings. The summed E-state index contributed by atoms with van der Waals surface area (Å²) < 4.78 is 5.39. The minimum Gasteiger partial charge on any atom is -0.467 e. The summed E-state index contributed by atoms with van der Waals surface area (Å²) in [7, 11) is 0. The second-order valence-corrected chi connectivity index (χ2v) is 6.58. The van der Waals surface area contributed by atoms with Crippen LogP contribution in [0.5, 0.6) is 0 Å². The molecule has 1 amide bonds. The number of nitrogens with zero attached hydrogens (tertiary/aromatic N) is 1. The molecule has 3 atom stereocenters. The van der Waals surface area contributed by atoms with Crippen LogP contribution in [0.4, 0.5) is 0 Å². The monoisotopic (exact) mass is 289 g/mol. The fourth-order valence-electron chi connectivity index (χ4n) is 3.49. The Hall–Kier alpha value is -1.51. The van der Waals surface area contributed by atoms with Crippen LogP contribution in [0.3, 0.4) is 0 Å². The van der Waals surface area contributed by atoms with E-state index in [4.69, 9.17) is 4.42 Å². The van der Waals surface area contributed by atoms with Gasteiger partial charge in [0.15, 0.2) is 0 Å². The highest BCUT2D eigenvalue weighted by Crippen LogP contribution is 2.38. The second kappa shape index (κ2) is 6.50. The summed E-state index contributed by atoms with van der Waals surface area (Å²) in [6.45, 7) is 12.1. The molecule has 0 saturated carbocycles. The Morgan fingerprint density at radius 1 is 1.38 bits per heavy atom. The lowest BCUT2D eigenvalue weighted by atomic mass is 9.71. The topological polar surface area (TPSA) is 33.5 Å². The van der Waals surface area contributed by atoms with E-state index in [1.165, 1.54) is 11.1 Å². The Morgan fingerprint density at radius 3 is 2.67 bits per heavy atom. The number of carbonyl (C=O) groups is 1. The van der Waals surface area contributed by atoms with E-state index < -0.39 is 0 Å². The second-order valence-electron chi connectivity index (χ2n) is 6.58. The predicted molar refractivity (Wildman–Crippen MR) is 84.6 cm³/mol.